The van der Waals surface area contributed by atoms with Crippen LogP contribution in [0.25, 0.3) is 0 Å². The Morgan fingerprint density at radius 1 is 1.15 bits per heavy atom. The average Bonchev–Trinajstić information content (AvgIpc) is 2.38. The van der Waals surface area contributed by atoms with Crippen molar-refractivity contribution in [2.45, 2.75) is 52.9 Å². The molecule has 0 aliphatic rings. The highest BCUT2D eigenvalue weighted by Gasteiger charge is 2.10. The standard InChI is InChI=1S/C18H30BrN/c1-4-5-6-8-17(14-20-13-15(2)3)11-16-9-7-10-18(19)12-16/h7,9-10,12,15,17,20H,4-6,8,11,13-14H2,1-3H3. The van der Waals surface area contributed by atoms with Crippen LogP contribution >= 0.6 is 15.9 Å². The molecular formula is C18H30BrN. The first-order chi connectivity index (χ1) is 9.61. The lowest BCUT2D eigenvalue weighted by Gasteiger charge is -2.19. The van der Waals surface area contributed by atoms with Gasteiger partial charge in [-0.15, -0.1) is 0 Å². The van der Waals surface area contributed by atoms with Gasteiger partial charge in [0.25, 0.3) is 0 Å². The Labute approximate surface area is 133 Å². The van der Waals surface area contributed by atoms with Crippen LogP contribution in [0.1, 0.15) is 52.0 Å². The summed E-state index contributed by atoms with van der Waals surface area (Å²) in [6.07, 6.45) is 6.56. The Balaban J connectivity index is 2.47. The molecule has 0 bridgehead atoms. The van der Waals surface area contributed by atoms with E-state index in [1.54, 1.807) is 0 Å². The highest BCUT2D eigenvalue weighted by Crippen LogP contribution is 2.18. The van der Waals surface area contributed by atoms with E-state index >= 15 is 0 Å². The number of hydrogen-bond acceptors (Lipinski definition) is 1. The zero-order valence-corrected chi connectivity index (χ0v) is 14.9. The van der Waals surface area contributed by atoms with E-state index in [1.807, 2.05) is 0 Å². The summed E-state index contributed by atoms with van der Waals surface area (Å²) in [6.45, 7) is 9.10. The maximum absolute atomic E-state index is 3.63. The molecular weight excluding hydrogens is 310 g/mol. The van der Waals surface area contributed by atoms with Gasteiger partial charge in [0.05, 0.1) is 0 Å². The Bertz CT molecular complexity index is 362. The van der Waals surface area contributed by atoms with Crippen LogP contribution in [-0.4, -0.2) is 13.1 Å². The largest absolute Gasteiger partial charge is 0.316 e. The lowest BCUT2D eigenvalue weighted by molar-refractivity contribution is 0.409. The van der Waals surface area contributed by atoms with Gasteiger partial charge in [-0.2, -0.15) is 0 Å². The van der Waals surface area contributed by atoms with Crippen molar-refractivity contribution in [3.8, 4) is 0 Å². The summed E-state index contributed by atoms with van der Waals surface area (Å²) in [4.78, 5) is 0. The van der Waals surface area contributed by atoms with Gasteiger partial charge in [-0.3, -0.25) is 0 Å². The van der Waals surface area contributed by atoms with Crippen molar-refractivity contribution in [1.29, 1.82) is 0 Å². The van der Waals surface area contributed by atoms with Gasteiger partial charge in [0.15, 0.2) is 0 Å². The molecule has 1 unspecified atom stereocenters. The fourth-order valence-electron chi connectivity index (χ4n) is 2.53. The fraction of sp³-hybridized carbons (Fsp3) is 0.667. The summed E-state index contributed by atoms with van der Waals surface area (Å²) in [5.74, 6) is 1.49. The van der Waals surface area contributed by atoms with Crippen molar-refractivity contribution in [3.63, 3.8) is 0 Å². The van der Waals surface area contributed by atoms with Crippen LogP contribution in [0.5, 0.6) is 0 Å². The Kier molecular flexibility index (Phi) is 9.21. The zero-order chi connectivity index (χ0) is 14.8. The maximum Gasteiger partial charge on any atom is 0.0177 e. The molecule has 1 nitrogen and oxygen atoms in total. The first-order valence-electron chi connectivity index (χ1n) is 8.07. The lowest BCUT2D eigenvalue weighted by Crippen LogP contribution is -2.27. The van der Waals surface area contributed by atoms with Crippen molar-refractivity contribution < 1.29 is 0 Å². The summed E-state index contributed by atoms with van der Waals surface area (Å²) in [5.41, 5.74) is 1.45. The van der Waals surface area contributed by atoms with E-state index in [4.69, 9.17) is 0 Å². The first-order valence-corrected chi connectivity index (χ1v) is 8.86. The number of nitrogens with one attached hydrogen (secondary N) is 1. The van der Waals surface area contributed by atoms with Crippen molar-refractivity contribution in [1.82, 2.24) is 5.32 Å². The normalized spacial score (nSPS) is 12.8. The van der Waals surface area contributed by atoms with Crippen LogP contribution in [-0.2, 0) is 6.42 Å². The van der Waals surface area contributed by atoms with E-state index in [-0.39, 0.29) is 0 Å². The molecule has 0 aliphatic heterocycles. The summed E-state index contributed by atoms with van der Waals surface area (Å²) in [6, 6.07) is 8.76. The monoisotopic (exact) mass is 339 g/mol. The smallest absolute Gasteiger partial charge is 0.0177 e. The van der Waals surface area contributed by atoms with Crippen LogP contribution in [0, 0.1) is 11.8 Å². The van der Waals surface area contributed by atoms with Crippen molar-refractivity contribution in [2.75, 3.05) is 13.1 Å². The highest BCUT2D eigenvalue weighted by atomic mass is 79.9. The molecule has 0 spiro atoms. The summed E-state index contributed by atoms with van der Waals surface area (Å²) < 4.78 is 1.19. The molecule has 2 heteroatoms. The second-order valence-electron chi connectivity index (χ2n) is 6.25. The fourth-order valence-corrected chi connectivity index (χ4v) is 2.98. The number of halogens is 1. The third kappa shape index (κ3) is 8.06. The second kappa shape index (κ2) is 10.4. The third-order valence-electron chi connectivity index (χ3n) is 3.61. The van der Waals surface area contributed by atoms with E-state index in [0.29, 0.717) is 0 Å². The molecule has 0 saturated heterocycles. The minimum atomic E-state index is 0.733. The van der Waals surface area contributed by atoms with Gasteiger partial charge in [0.1, 0.15) is 0 Å². The van der Waals surface area contributed by atoms with E-state index in [2.05, 4.69) is 66.3 Å². The van der Waals surface area contributed by atoms with Gasteiger partial charge in [-0.1, -0.05) is 68.1 Å². The van der Waals surface area contributed by atoms with Crippen molar-refractivity contribution in [2.24, 2.45) is 11.8 Å². The van der Waals surface area contributed by atoms with Gasteiger partial charge in [0, 0.05) is 4.47 Å². The van der Waals surface area contributed by atoms with Gasteiger partial charge in [0.2, 0.25) is 0 Å². The predicted octanol–water partition coefficient (Wildman–Crippen LogP) is 5.43. The van der Waals surface area contributed by atoms with Crippen molar-refractivity contribution in [3.05, 3.63) is 34.3 Å². The number of rotatable bonds is 10. The van der Waals surface area contributed by atoms with Crippen LogP contribution in [0.15, 0.2) is 28.7 Å². The molecule has 0 aromatic heterocycles. The minimum absolute atomic E-state index is 0.733. The van der Waals surface area contributed by atoms with Crippen LogP contribution in [0.3, 0.4) is 0 Å². The minimum Gasteiger partial charge on any atom is -0.316 e. The molecule has 0 radical (unpaired) electrons. The Morgan fingerprint density at radius 3 is 2.60 bits per heavy atom. The topological polar surface area (TPSA) is 12.0 Å². The van der Waals surface area contributed by atoms with E-state index in [0.717, 1.165) is 24.9 Å². The number of unbranched alkanes of at least 4 members (excludes halogenated alkanes) is 2. The molecule has 1 atom stereocenters. The lowest BCUT2D eigenvalue weighted by atomic mass is 9.93. The second-order valence-corrected chi connectivity index (χ2v) is 7.16. The summed E-state index contributed by atoms with van der Waals surface area (Å²) in [5, 5.41) is 3.63. The predicted molar refractivity (Wildman–Crippen MR) is 93.2 cm³/mol. The zero-order valence-electron chi connectivity index (χ0n) is 13.3. The van der Waals surface area contributed by atoms with Gasteiger partial charge in [-0.05, 0) is 55.5 Å². The van der Waals surface area contributed by atoms with Crippen LogP contribution in [0.2, 0.25) is 0 Å². The quantitative estimate of drug-likeness (QED) is 0.560. The maximum atomic E-state index is 3.63. The molecule has 0 amide bonds. The molecule has 0 aliphatic carbocycles. The molecule has 0 heterocycles. The Morgan fingerprint density at radius 2 is 1.95 bits per heavy atom. The number of hydrogen-bond donors (Lipinski definition) is 1. The van der Waals surface area contributed by atoms with Crippen LogP contribution in [0.4, 0.5) is 0 Å². The third-order valence-corrected chi connectivity index (χ3v) is 4.11. The van der Waals surface area contributed by atoms with E-state index in [1.165, 1.54) is 42.1 Å². The first kappa shape index (κ1) is 17.7. The highest BCUT2D eigenvalue weighted by molar-refractivity contribution is 9.10. The summed E-state index contributed by atoms with van der Waals surface area (Å²) in [7, 11) is 0. The van der Waals surface area contributed by atoms with E-state index in [9.17, 15) is 0 Å². The molecule has 1 N–H and O–H groups in total. The molecule has 1 rings (SSSR count). The molecule has 0 saturated carbocycles. The molecule has 114 valence electrons. The SMILES string of the molecule is CCCCCC(CNCC(C)C)Cc1cccc(Br)c1. The molecule has 0 fully saturated rings. The molecule has 1 aromatic rings. The average molecular weight is 340 g/mol. The molecule has 20 heavy (non-hydrogen) atoms. The Hall–Kier alpha value is -0.340. The van der Waals surface area contributed by atoms with Gasteiger partial charge >= 0.3 is 0 Å². The molecule has 1 aromatic carbocycles. The van der Waals surface area contributed by atoms with E-state index < -0.39 is 0 Å². The number of benzene rings is 1. The van der Waals surface area contributed by atoms with Crippen LogP contribution < -0.4 is 5.32 Å². The van der Waals surface area contributed by atoms with Crippen molar-refractivity contribution >= 4 is 15.9 Å². The van der Waals surface area contributed by atoms with Gasteiger partial charge < -0.3 is 5.32 Å². The summed E-state index contributed by atoms with van der Waals surface area (Å²) >= 11 is 3.57. The van der Waals surface area contributed by atoms with Gasteiger partial charge in [-0.25, -0.2) is 0 Å².